The van der Waals surface area contributed by atoms with Crippen molar-refractivity contribution in [2.24, 2.45) is 5.73 Å². The van der Waals surface area contributed by atoms with Crippen LogP contribution >= 0.6 is 23.2 Å². The number of aromatic nitrogens is 3. The molecule has 0 fully saturated rings. The Morgan fingerprint density at radius 3 is 2.81 bits per heavy atom. The normalized spacial score (nSPS) is 10.6. The van der Waals surface area contributed by atoms with Crippen LogP contribution in [-0.2, 0) is 13.1 Å². The Bertz CT molecular complexity index is 984. The highest BCUT2D eigenvalue weighted by molar-refractivity contribution is 6.42. The lowest BCUT2D eigenvalue weighted by molar-refractivity contribution is 0.0991. The van der Waals surface area contributed by atoms with Crippen LogP contribution < -0.4 is 16.4 Å². The first-order chi connectivity index (χ1) is 12.9. The van der Waals surface area contributed by atoms with Gasteiger partial charge in [0.25, 0.3) is 5.91 Å². The van der Waals surface area contributed by atoms with Crippen LogP contribution in [-0.4, -0.2) is 26.9 Å². The van der Waals surface area contributed by atoms with Gasteiger partial charge in [-0.25, -0.2) is 9.48 Å². The molecule has 0 unspecified atom stereocenters. The molecule has 0 spiro atoms. The Hall–Kier alpha value is -3.04. The maximum absolute atomic E-state index is 12.1. The van der Waals surface area contributed by atoms with E-state index < -0.39 is 11.9 Å². The number of urea groups is 1. The highest BCUT2D eigenvalue weighted by atomic mass is 35.5. The van der Waals surface area contributed by atoms with Gasteiger partial charge in [0.05, 0.1) is 29.3 Å². The van der Waals surface area contributed by atoms with Crippen LogP contribution in [0.15, 0.2) is 41.1 Å². The first-order valence-electron chi connectivity index (χ1n) is 7.69. The lowest BCUT2D eigenvalue weighted by Gasteiger charge is -2.11. The van der Waals surface area contributed by atoms with Crippen molar-refractivity contribution in [3.63, 3.8) is 0 Å². The standard InChI is InChI=1S/C16H14Cl2N6O3/c17-11-3-1-2-9(14(11)18)8-24-13(4-5-21-24)22-16(26)20-7-10-6-12(15(19)25)23-27-10/h1-6H,7-8H2,(H2,19,25)(H2,20,22,26). The summed E-state index contributed by atoms with van der Waals surface area (Å²) in [5, 5.41) is 13.8. The molecule has 0 aliphatic heterocycles. The first kappa shape index (κ1) is 18.7. The van der Waals surface area contributed by atoms with E-state index in [-0.39, 0.29) is 18.0 Å². The zero-order valence-corrected chi connectivity index (χ0v) is 15.3. The molecule has 11 heteroatoms. The van der Waals surface area contributed by atoms with Gasteiger partial charge in [0.1, 0.15) is 5.82 Å². The van der Waals surface area contributed by atoms with E-state index in [4.69, 9.17) is 33.5 Å². The fourth-order valence-corrected chi connectivity index (χ4v) is 2.62. The van der Waals surface area contributed by atoms with Crippen LogP contribution in [0.25, 0.3) is 0 Å². The van der Waals surface area contributed by atoms with Crippen molar-refractivity contribution in [1.82, 2.24) is 20.3 Å². The number of benzene rings is 1. The Labute approximate surface area is 163 Å². The van der Waals surface area contributed by atoms with Crippen LogP contribution in [0.5, 0.6) is 0 Å². The van der Waals surface area contributed by atoms with Crippen molar-refractivity contribution in [3.05, 3.63) is 63.6 Å². The third-order valence-electron chi connectivity index (χ3n) is 3.54. The van der Waals surface area contributed by atoms with Gasteiger partial charge in [0.2, 0.25) is 0 Å². The molecule has 9 nitrogen and oxygen atoms in total. The molecule has 3 aromatic rings. The molecule has 140 valence electrons. The summed E-state index contributed by atoms with van der Waals surface area (Å²) < 4.78 is 6.47. The van der Waals surface area contributed by atoms with Gasteiger partial charge in [-0.1, -0.05) is 40.5 Å². The largest absolute Gasteiger partial charge is 0.364 e. The van der Waals surface area contributed by atoms with Crippen molar-refractivity contribution in [3.8, 4) is 0 Å². The van der Waals surface area contributed by atoms with E-state index in [0.717, 1.165) is 5.56 Å². The first-order valence-corrected chi connectivity index (χ1v) is 8.44. The van der Waals surface area contributed by atoms with Gasteiger partial charge in [-0.3, -0.25) is 10.1 Å². The number of carbonyl (C=O) groups is 2. The van der Waals surface area contributed by atoms with Crippen LogP contribution in [0, 0.1) is 0 Å². The van der Waals surface area contributed by atoms with Gasteiger partial charge in [-0.15, -0.1) is 0 Å². The minimum atomic E-state index is -0.710. The van der Waals surface area contributed by atoms with E-state index in [2.05, 4.69) is 20.9 Å². The molecule has 0 saturated heterocycles. The average Bonchev–Trinajstić information content (AvgIpc) is 3.27. The van der Waals surface area contributed by atoms with Crippen LogP contribution in [0.3, 0.4) is 0 Å². The molecule has 2 aromatic heterocycles. The van der Waals surface area contributed by atoms with E-state index in [9.17, 15) is 9.59 Å². The molecule has 4 N–H and O–H groups in total. The molecular weight excluding hydrogens is 395 g/mol. The number of rotatable bonds is 6. The van der Waals surface area contributed by atoms with Crippen molar-refractivity contribution in [2.45, 2.75) is 13.1 Å². The third-order valence-corrected chi connectivity index (χ3v) is 4.40. The molecule has 2 heterocycles. The maximum Gasteiger partial charge on any atom is 0.320 e. The Kier molecular flexibility index (Phi) is 5.63. The van der Waals surface area contributed by atoms with E-state index in [1.54, 1.807) is 29.1 Å². The Morgan fingerprint density at radius 2 is 2.07 bits per heavy atom. The number of nitrogens with one attached hydrogen (secondary N) is 2. The number of primary amides is 1. The number of carbonyl (C=O) groups excluding carboxylic acids is 2. The van der Waals surface area contributed by atoms with Gasteiger partial charge >= 0.3 is 6.03 Å². The lowest BCUT2D eigenvalue weighted by Crippen LogP contribution is -2.29. The zero-order chi connectivity index (χ0) is 19.4. The summed E-state index contributed by atoms with van der Waals surface area (Å²) in [6.07, 6.45) is 1.55. The molecule has 0 aliphatic rings. The van der Waals surface area contributed by atoms with Gasteiger partial charge in [0.15, 0.2) is 11.5 Å². The second-order valence-corrected chi connectivity index (χ2v) is 6.22. The van der Waals surface area contributed by atoms with Gasteiger partial charge in [-0.05, 0) is 11.6 Å². The molecule has 27 heavy (non-hydrogen) atoms. The number of anilines is 1. The zero-order valence-electron chi connectivity index (χ0n) is 13.8. The SMILES string of the molecule is NC(=O)c1cc(CNC(=O)Nc2ccnn2Cc2cccc(Cl)c2Cl)on1. The van der Waals surface area contributed by atoms with Gasteiger partial charge in [0, 0.05) is 12.1 Å². The van der Waals surface area contributed by atoms with E-state index in [1.807, 2.05) is 6.07 Å². The second kappa shape index (κ2) is 8.11. The summed E-state index contributed by atoms with van der Waals surface area (Å²) in [5.41, 5.74) is 5.84. The molecule has 3 rings (SSSR count). The Morgan fingerprint density at radius 1 is 1.26 bits per heavy atom. The predicted octanol–water partition coefficient (Wildman–Crippen LogP) is 2.65. The third kappa shape index (κ3) is 4.57. The topological polar surface area (TPSA) is 128 Å². The minimum Gasteiger partial charge on any atom is -0.364 e. The molecular formula is C16H14Cl2N6O3. The number of nitrogens with two attached hydrogens (primary N) is 1. The number of hydrogen-bond acceptors (Lipinski definition) is 5. The predicted molar refractivity (Wildman–Crippen MR) is 98.7 cm³/mol. The lowest BCUT2D eigenvalue weighted by atomic mass is 10.2. The van der Waals surface area contributed by atoms with E-state index in [0.29, 0.717) is 22.4 Å². The molecule has 0 bridgehead atoms. The molecule has 0 atom stereocenters. The van der Waals surface area contributed by atoms with Crippen molar-refractivity contribution < 1.29 is 14.1 Å². The summed E-state index contributed by atoms with van der Waals surface area (Å²) >= 11 is 12.2. The number of hydrogen-bond donors (Lipinski definition) is 3. The highest BCUT2D eigenvalue weighted by Gasteiger charge is 2.12. The molecule has 0 radical (unpaired) electrons. The molecule has 0 saturated carbocycles. The summed E-state index contributed by atoms with van der Waals surface area (Å²) in [6, 6.07) is 7.79. The van der Waals surface area contributed by atoms with Crippen molar-refractivity contribution in [2.75, 3.05) is 5.32 Å². The van der Waals surface area contributed by atoms with Crippen molar-refractivity contribution in [1.29, 1.82) is 0 Å². The monoisotopic (exact) mass is 408 g/mol. The molecule has 1 aromatic carbocycles. The van der Waals surface area contributed by atoms with Gasteiger partial charge in [-0.2, -0.15) is 5.10 Å². The summed E-state index contributed by atoms with van der Waals surface area (Å²) in [5.74, 6) is 0.0372. The number of nitrogens with zero attached hydrogens (tertiary/aromatic N) is 3. The number of halogens is 2. The maximum atomic E-state index is 12.1. The number of amides is 3. The van der Waals surface area contributed by atoms with Crippen LogP contribution in [0.2, 0.25) is 10.0 Å². The average molecular weight is 409 g/mol. The second-order valence-electron chi connectivity index (χ2n) is 5.44. The van der Waals surface area contributed by atoms with E-state index >= 15 is 0 Å². The summed E-state index contributed by atoms with van der Waals surface area (Å²) in [4.78, 5) is 23.1. The van der Waals surface area contributed by atoms with Crippen LogP contribution in [0.4, 0.5) is 10.6 Å². The fraction of sp³-hybridized carbons (Fsp3) is 0.125. The quantitative estimate of drug-likeness (QED) is 0.577. The van der Waals surface area contributed by atoms with Crippen LogP contribution in [0.1, 0.15) is 21.8 Å². The summed E-state index contributed by atoms with van der Waals surface area (Å²) in [7, 11) is 0. The molecule has 3 amide bonds. The van der Waals surface area contributed by atoms with E-state index in [1.165, 1.54) is 6.07 Å². The fourth-order valence-electron chi connectivity index (χ4n) is 2.24. The smallest absolute Gasteiger partial charge is 0.320 e. The Balaban J connectivity index is 1.61. The highest BCUT2D eigenvalue weighted by Crippen LogP contribution is 2.26. The minimum absolute atomic E-state index is 0.0105. The van der Waals surface area contributed by atoms with Crippen molar-refractivity contribution >= 4 is 41.0 Å². The summed E-state index contributed by atoms with van der Waals surface area (Å²) in [6.45, 7) is 0.354. The van der Waals surface area contributed by atoms with Gasteiger partial charge < -0.3 is 15.6 Å². The molecule has 0 aliphatic carbocycles.